The zero-order valence-electron chi connectivity index (χ0n) is 5.53. The van der Waals surface area contributed by atoms with E-state index in [1.54, 1.807) is 0 Å². The quantitative estimate of drug-likeness (QED) is 0.493. The van der Waals surface area contributed by atoms with E-state index in [1.165, 1.54) is 11.8 Å². The minimum absolute atomic E-state index is 0.317. The van der Waals surface area contributed by atoms with Gasteiger partial charge in [-0.15, -0.1) is 0 Å². The van der Waals surface area contributed by atoms with Crippen molar-refractivity contribution < 1.29 is 0 Å². The summed E-state index contributed by atoms with van der Waals surface area (Å²) in [6, 6.07) is 9.86. The zero-order chi connectivity index (χ0) is 7.40. The molecule has 1 aromatic rings. The van der Waals surface area contributed by atoms with Gasteiger partial charge in [0.15, 0.2) is 0 Å². The molecule has 3 heteroatoms. The molecule has 1 rings (SSSR count). The van der Waals surface area contributed by atoms with Crippen molar-refractivity contribution in [1.82, 2.24) is 0 Å². The summed E-state index contributed by atoms with van der Waals surface area (Å²) in [5, 5.41) is 0. The smallest absolute Gasteiger partial charge is 0.105 e. The fourth-order valence-electron chi connectivity index (χ4n) is 0.656. The van der Waals surface area contributed by atoms with Gasteiger partial charge < -0.3 is 11.5 Å². The van der Waals surface area contributed by atoms with Crippen LogP contribution < -0.4 is 11.5 Å². The van der Waals surface area contributed by atoms with Gasteiger partial charge in [0.25, 0.3) is 0 Å². The number of benzene rings is 1. The SMILES string of the molecule is NC(N)Sc1ccccc1. The standard InChI is InChI=1S/C7H10N2S/c8-7(9)10-6-4-2-1-3-5-6/h1-5,7H,8-9H2. The van der Waals surface area contributed by atoms with Gasteiger partial charge in [-0.3, -0.25) is 0 Å². The van der Waals surface area contributed by atoms with Crippen LogP contribution in [0, 0.1) is 0 Å². The summed E-state index contributed by atoms with van der Waals surface area (Å²) < 4.78 is 0. The molecule has 10 heavy (non-hydrogen) atoms. The molecule has 0 atom stereocenters. The second-order valence-electron chi connectivity index (χ2n) is 1.90. The van der Waals surface area contributed by atoms with Crippen LogP contribution in [-0.2, 0) is 0 Å². The first-order valence-electron chi connectivity index (χ1n) is 3.02. The van der Waals surface area contributed by atoms with Crippen LogP contribution >= 0.6 is 11.8 Å². The topological polar surface area (TPSA) is 52.0 Å². The first-order valence-corrected chi connectivity index (χ1v) is 3.90. The summed E-state index contributed by atoms with van der Waals surface area (Å²) in [5.74, 6) is 0. The van der Waals surface area contributed by atoms with E-state index in [-0.39, 0.29) is 5.50 Å². The van der Waals surface area contributed by atoms with Gasteiger partial charge in [-0.05, 0) is 12.1 Å². The van der Waals surface area contributed by atoms with Gasteiger partial charge >= 0.3 is 0 Å². The highest BCUT2D eigenvalue weighted by molar-refractivity contribution is 7.99. The number of nitrogens with two attached hydrogens (primary N) is 2. The van der Waals surface area contributed by atoms with E-state index < -0.39 is 0 Å². The van der Waals surface area contributed by atoms with Crippen molar-refractivity contribution in [3.05, 3.63) is 30.3 Å². The Balaban J connectivity index is 2.59. The Bertz CT molecular complexity index is 186. The average Bonchev–Trinajstić information content (AvgIpc) is 1.88. The lowest BCUT2D eigenvalue weighted by molar-refractivity contribution is 0.987. The molecular weight excluding hydrogens is 144 g/mol. The van der Waals surface area contributed by atoms with Gasteiger partial charge in [0.05, 0.1) is 0 Å². The highest BCUT2D eigenvalue weighted by Gasteiger charge is 1.94. The van der Waals surface area contributed by atoms with Crippen LogP contribution in [0.25, 0.3) is 0 Å². The van der Waals surface area contributed by atoms with Crippen molar-refractivity contribution in [2.75, 3.05) is 0 Å². The van der Waals surface area contributed by atoms with Crippen molar-refractivity contribution in [3.63, 3.8) is 0 Å². The molecule has 1 aromatic carbocycles. The van der Waals surface area contributed by atoms with E-state index in [0.717, 1.165) is 4.90 Å². The Morgan fingerprint density at radius 2 is 1.70 bits per heavy atom. The maximum absolute atomic E-state index is 5.37. The van der Waals surface area contributed by atoms with Crippen LogP contribution in [0.5, 0.6) is 0 Å². The molecule has 0 spiro atoms. The molecule has 0 aromatic heterocycles. The van der Waals surface area contributed by atoms with Gasteiger partial charge in [-0.1, -0.05) is 30.0 Å². The van der Waals surface area contributed by atoms with Crippen LogP contribution in [0.15, 0.2) is 35.2 Å². The third-order valence-corrected chi connectivity index (χ3v) is 1.83. The van der Waals surface area contributed by atoms with E-state index in [9.17, 15) is 0 Å². The second kappa shape index (κ2) is 3.61. The normalized spacial score (nSPS) is 10.3. The summed E-state index contributed by atoms with van der Waals surface area (Å²) in [6.07, 6.45) is 0. The Kier molecular flexibility index (Phi) is 2.74. The minimum atomic E-state index is -0.317. The highest BCUT2D eigenvalue weighted by Crippen LogP contribution is 2.16. The van der Waals surface area contributed by atoms with E-state index in [0.29, 0.717) is 0 Å². The Morgan fingerprint density at radius 1 is 1.10 bits per heavy atom. The lowest BCUT2D eigenvalue weighted by atomic mass is 10.4. The second-order valence-corrected chi connectivity index (χ2v) is 3.15. The zero-order valence-corrected chi connectivity index (χ0v) is 6.34. The van der Waals surface area contributed by atoms with E-state index in [1.807, 2.05) is 30.3 Å². The molecule has 0 bridgehead atoms. The van der Waals surface area contributed by atoms with Crippen LogP contribution in [0.2, 0.25) is 0 Å². The van der Waals surface area contributed by atoms with E-state index in [4.69, 9.17) is 11.5 Å². The number of hydrogen-bond acceptors (Lipinski definition) is 3. The predicted octanol–water partition coefficient (Wildman–Crippen LogP) is 0.980. The van der Waals surface area contributed by atoms with Gasteiger partial charge in [0, 0.05) is 4.90 Å². The van der Waals surface area contributed by atoms with E-state index >= 15 is 0 Å². The third-order valence-electron chi connectivity index (χ3n) is 1.02. The average molecular weight is 154 g/mol. The highest BCUT2D eigenvalue weighted by atomic mass is 32.2. The van der Waals surface area contributed by atoms with Gasteiger partial charge in [-0.2, -0.15) is 0 Å². The van der Waals surface area contributed by atoms with Gasteiger partial charge in [0.1, 0.15) is 5.50 Å². The molecular formula is C7H10N2S. The van der Waals surface area contributed by atoms with Gasteiger partial charge in [0.2, 0.25) is 0 Å². The van der Waals surface area contributed by atoms with Crippen molar-refractivity contribution >= 4 is 11.8 Å². The van der Waals surface area contributed by atoms with Gasteiger partial charge in [-0.25, -0.2) is 0 Å². The van der Waals surface area contributed by atoms with Crippen molar-refractivity contribution in [2.24, 2.45) is 11.5 Å². The molecule has 0 aliphatic rings. The number of rotatable bonds is 2. The van der Waals surface area contributed by atoms with Crippen LogP contribution in [0.3, 0.4) is 0 Å². The molecule has 0 saturated heterocycles. The predicted molar refractivity (Wildman–Crippen MR) is 44.5 cm³/mol. The fourth-order valence-corrected chi connectivity index (χ4v) is 1.28. The van der Waals surface area contributed by atoms with E-state index in [2.05, 4.69) is 0 Å². The monoisotopic (exact) mass is 154 g/mol. The fraction of sp³-hybridized carbons (Fsp3) is 0.143. The van der Waals surface area contributed by atoms with Crippen molar-refractivity contribution in [1.29, 1.82) is 0 Å². The first kappa shape index (κ1) is 7.60. The Labute approximate surface area is 64.6 Å². The molecule has 2 nitrogen and oxygen atoms in total. The number of thioether (sulfide) groups is 1. The van der Waals surface area contributed by atoms with Crippen LogP contribution in [0.4, 0.5) is 0 Å². The molecule has 0 fully saturated rings. The molecule has 0 radical (unpaired) electrons. The lowest BCUT2D eigenvalue weighted by Crippen LogP contribution is -2.25. The Morgan fingerprint density at radius 3 is 2.20 bits per heavy atom. The first-order chi connectivity index (χ1) is 4.79. The molecule has 0 aliphatic heterocycles. The molecule has 0 saturated carbocycles. The summed E-state index contributed by atoms with van der Waals surface area (Å²) in [5.41, 5.74) is 10.4. The molecule has 0 aliphatic carbocycles. The summed E-state index contributed by atoms with van der Waals surface area (Å²) >= 11 is 1.45. The molecule has 4 N–H and O–H groups in total. The maximum atomic E-state index is 5.37. The summed E-state index contributed by atoms with van der Waals surface area (Å²) in [7, 11) is 0. The van der Waals surface area contributed by atoms with Crippen LogP contribution in [0.1, 0.15) is 0 Å². The van der Waals surface area contributed by atoms with Crippen molar-refractivity contribution in [3.8, 4) is 0 Å². The molecule has 0 heterocycles. The summed E-state index contributed by atoms with van der Waals surface area (Å²) in [4.78, 5) is 1.11. The molecule has 0 amide bonds. The minimum Gasteiger partial charge on any atom is -0.307 e. The molecule has 0 unspecified atom stereocenters. The summed E-state index contributed by atoms with van der Waals surface area (Å²) in [6.45, 7) is 0. The van der Waals surface area contributed by atoms with Crippen LogP contribution in [-0.4, -0.2) is 5.50 Å². The Hall–Kier alpha value is -0.510. The van der Waals surface area contributed by atoms with Crippen molar-refractivity contribution in [2.45, 2.75) is 10.4 Å². The maximum Gasteiger partial charge on any atom is 0.105 e. The largest absolute Gasteiger partial charge is 0.307 e. The number of hydrogen-bond donors (Lipinski definition) is 2. The third kappa shape index (κ3) is 2.39. The molecule has 54 valence electrons. The lowest BCUT2D eigenvalue weighted by Gasteiger charge is -2.02.